The molecule has 0 radical (unpaired) electrons. The normalized spacial score (nSPS) is 11.7. The van der Waals surface area contributed by atoms with Gasteiger partial charge in [-0.2, -0.15) is 10.1 Å². The van der Waals surface area contributed by atoms with Gasteiger partial charge in [-0.05, 0) is 31.0 Å². The Morgan fingerprint density at radius 1 is 0.978 bits per heavy atom. The Labute approximate surface area is 264 Å². The third kappa shape index (κ3) is 9.43. The molecule has 0 bridgehead atoms. The summed E-state index contributed by atoms with van der Waals surface area (Å²) in [5, 5.41) is 18.0. The number of anilines is 2. The summed E-state index contributed by atoms with van der Waals surface area (Å²) >= 11 is 0. The second-order valence-corrected chi connectivity index (χ2v) is 9.93. The number of ether oxygens (including phenoxy) is 3. The highest BCUT2D eigenvalue weighted by molar-refractivity contribution is 6.11. The average Bonchev–Trinajstić information content (AvgIpc) is 3.61. The number of nitrogens with one attached hydrogen (secondary N) is 3. The van der Waals surface area contributed by atoms with Crippen LogP contribution in [0.15, 0.2) is 40.7 Å². The molecule has 0 spiro atoms. The molecule has 9 N–H and O–H groups in total. The summed E-state index contributed by atoms with van der Waals surface area (Å²) in [7, 11) is 0. The van der Waals surface area contributed by atoms with Gasteiger partial charge in [-0.15, -0.1) is 0 Å². The lowest BCUT2D eigenvalue weighted by Crippen LogP contribution is -2.29. The lowest BCUT2D eigenvalue weighted by Gasteiger charge is -2.08. The van der Waals surface area contributed by atoms with Gasteiger partial charge in [0.1, 0.15) is 23.4 Å². The van der Waals surface area contributed by atoms with Crippen molar-refractivity contribution in [1.82, 2.24) is 35.4 Å². The van der Waals surface area contributed by atoms with E-state index in [9.17, 15) is 9.59 Å². The first-order chi connectivity index (χ1) is 22.4. The van der Waals surface area contributed by atoms with Crippen LogP contribution in [0.1, 0.15) is 19.3 Å². The average molecular weight is 638 g/mol. The fraction of sp³-hybridized carbons (Fsp3) is 0.414. The van der Waals surface area contributed by atoms with Crippen molar-refractivity contribution in [2.75, 3.05) is 64.2 Å². The number of hydrogen-bond donors (Lipinski definition) is 6. The maximum absolute atomic E-state index is 12.2. The van der Waals surface area contributed by atoms with Crippen molar-refractivity contribution in [3.63, 3.8) is 0 Å². The van der Waals surface area contributed by atoms with E-state index < -0.39 is 5.91 Å². The molecule has 0 saturated heterocycles. The predicted molar refractivity (Wildman–Crippen MR) is 171 cm³/mol. The van der Waals surface area contributed by atoms with Gasteiger partial charge in [0.2, 0.25) is 5.91 Å². The van der Waals surface area contributed by atoms with E-state index in [1.165, 1.54) is 6.33 Å². The number of nitrogens with two attached hydrogens (primary N) is 3. The number of carbonyl (C=O) groups is 2. The smallest absolute Gasteiger partial charge is 0.292 e. The molecule has 0 aliphatic carbocycles. The van der Waals surface area contributed by atoms with Gasteiger partial charge in [0.15, 0.2) is 11.2 Å². The van der Waals surface area contributed by atoms with E-state index in [0.29, 0.717) is 86.3 Å². The molecule has 1 aromatic carbocycles. The first kappa shape index (κ1) is 33.8. The molecule has 0 aliphatic rings. The lowest BCUT2D eigenvalue weighted by molar-refractivity contribution is -0.122. The Kier molecular flexibility index (Phi) is 12.8. The molecule has 0 aliphatic heterocycles. The largest absolute Gasteiger partial charge is 0.424 e. The fourth-order valence-corrected chi connectivity index (χ4v) is 4.42. The number of aromatic nitrogens is 5. The Morgan fingerprint density at radius 2 is 1.74 bits per heavy atom. The molecular formula is C29H39N11O6. The number of benzene rings is 1. The van der Waals surface area contributed by atoms with Crippen molar-refractivity contribution in [2.24, 2.45) is 5.73 Å². The van der Waals surface area contributed by atoms with Crippen LogP contribution in [0.2, 0.25) is 0 Å². The van der Waals surface area contributed by atoms with Crippen LogP contribution in [-0.2, 0) is 30.3 Å². The zero-order valence-electron chi connectivity index (χ0n) is 25.4. The molecule has 2 amide bonds. The molecule has 0 fully saturated rings. The number of rotatable bonds is 20. The SMILES string of the molecule is N=C/C(=C\N)C(=O)NCCOCCOCCOCCC(=O)NCCCCn1nc(-c2ccc3oc(N)nc3c2)c2c(N)ncnc21. The van der Waals surface area contributed by atoms with Crippen LogP contribution < -0.4 is 27.8 Å². The molecule has 17 nitrogen and oxygen atoms in total. The zero-order chi connectivity index (χ0) is 32.7. The monoisotopic (exact) mass is 637 g/mol. The predicted octanol–water partition coefficient (Wildman–Crippen LogP) is 0.744. The molecule has 17 heteroatoms. The summed E-state index contributed by atoms with van der Waals surface area (Å²) in [6.45, 7) is 3.44. The summed E-state index contributed by atoms with van der Waals surface area (Å²) in [4.78, 5) is 36.5. The van der Waals surface area contributed by atoms with Gasteiger partial charge in [-0.3, -0.25) is 9.59 Å². The van der Waals surface area contributed by atoms with Crippen LogP contribution in [0.25, 0.3) is 33.4 Å². The number of aryl methyl sites for hydroxylation is 1. The zero-order valence-corrected chi connectivity index (χ0v) is 25.4. The Hall–Kier alpha value is -5.13. The van der Waals surface area contributed by atoms with Gasteiger partial charge in [-0.25, -0.2) is 14.6 Å². The topological polar surface area (TPSA) is 257 Å². The van der Waals surface area contributed by atoms with Gasteiger partial charge in [0, 0.05) is 44.0 Å². The second kappa shape index (κ2) is 17.4. The number of fused-ring (bicyclic) bond motifs is 2. The van der Waals surface area contributed by atoms with Crippen molar-refractivity contribution in [1.29, 1.82) is 5.41 Å². The highest BCUT2D eigenvalue weighted by atomic mass is 16.5. The summed E-state index contributed by atoms with van der Waals surface area (Å²) < 4.78 is 23.4. The number of nitrogens with zero attached hydrogens (tertiary/aromatic N) is 5. The molecular weight excluding hydrogens is 598 g/mol. The molecule has 0 saturated carbocycles. The van der Waals surface area contributed by atoms with Crippen molar-refractivity contribution >= 4 is 52.0 Å². The van der Waals surface area contributed by atoms with E-state index in [1.54, 1.807) is 10.7 Å². The maximum atomic E-state index is 12.2. The van der Waals surface area contributed by atoms with Gasteiger partial charge in [0.25, 0.3) is 11.9 Å². The Balaban J connectivity index is 1.06. The summed E-state index contributed by atoms with van der Waals surface area (Å²) in [5.74, 6) is -0.186. The minimum atomic E-state index is -0.426. The van der Waals surface area contributed by atoms with Crippen LogP contribution in [0.3, 0.4) is 0 Å². The number of oxazole rings is 1. The van der Waals surface area contributed by atoms with Crippen LogP contribution in [0.5, 0.6) is 0 Å². The van der Waals surface area contributed by atoms with Gasteiger partial charge in [0.05, 0.1) is 50.6 Å². The molecule has 246 valence electrons. The van der Waals surface area contributed by atoms with Crippen LogP contribution in [0.4, 0.5) is 11.8 Å². The highest BCUT2D eigenvalue weighted by Gasteiger charge is 2.18. The molecule has 46 heavy (non-hydrogen) atoms. The van der Waals surface area contributed by atoms with Crippen molar-refractivity contribution in [3.05, 3.63) is 36.3 Å². The van der Waals surface area contributed by atoms with Gasteiger partial charge in [-0.1, -0.05) is 0 Å². The molecule has 0 atom stereocenters. The lowest BCUT2D eigenvalue weighted by atomic mass is 10.1. The fourth-order valence-electron chi connectivity index (χ4n) is 4.42. The number of nitrogen functional groups attached to an aromatic ring is 2. The van der Waals surface area contributed by atoms with Crippen molar-refractivity contribution in [3.8, 4) is 11.3 Å². The van der Waals surface area contributed by atoms with E-state index in [0.717, 1.165) is 30.8 Å². The molecule has 4 rings (SSSR count). The van der Waals surface area contributed by atoms with E-state index in [2.05, 4.69) is 25.6 Å². The standard InChI is InChI=1S/C29H39N11O6/c30-16-20(17-31)28(42)35-7-10-44-12-14-45-13-11-43-9-5-23(41)34-6-1-2-8-40-27-24(26(32)36-18-37-27)25(39-40)19-3-4-22-21(15-19)38-29(33)46-22/h3-4,15-18,30H,1-2,5-14,31H2,(H2,33,38)(H,34,41)(H,35,42)(H2,32,36,37)/b20-17+,30-16?. The third-order valence-electron chi connectivity index (χ3n) is 6.70. The number of hydrogen-bond acceptors (Lipinski definition) is 14. The van der Waals surface area contributed by atoms with E-state index in [4.69, 9.17) is 46.3 Å². The van der Waals surface area contributed by atoms with E-state index >= 15 is 0 Å². The van der Waals surface area contributed by atoms with Crippen LogP contribution in [0, 0.1) is 5.41 Å². The van der Waals surface area contributed by atoms with Crippen LogP contribution in [-0.4, -0.2) is 95.5 Å². The van der Waals surface area contributed by atoms with Gasteiger partial charge >= 0.3 is 0 Å². The molecule has 0 unspecified atom stereocenters. The molecule has 3 heterocycles. The summed E-state index contributed by atoms with van der Waals surface area (Å²) in [6.07, 6.45) is 5.11. The van der Waals surface area contributed by atoms with Crippen LogP contribution >= 0.6 is 0 Å². The maximum Gasteiger partial charge on any atom is 0.292 e. The summed E-state index contributed by atoms with van der Waals surface area (Å²) in [5.41, 5.74) is 20.5. The van der Waals surface area contributed by atoms with Crippen molar-refractivity contribution < 1.29 is 28.2 Å². The molecule has 3 aromatic heterocycles. The minimum Gasteiger partial charge on any atom is -0.424 e. The van der Waals surface area contributed by atoms with E-state index in [-0.39, 0.29) is 30.5 Å². The van der Waals surface area contributed by atoms with E-state index in [1.807, 2.05) is 12.1 Å². The quantitative estimate of drug-likeness (QED) is 0.0444. The Bertz CT molecular complexity index is 1650. The number of unbranched alkanes of at least 4 members (excludes halogenated alkanes) is 1. The summed E-state index contributed by atoms with van der Waals surface area (Å²) in [6, 6.07) is 5.57. The first-order valence-corrected chi connectivity index (χ1v) is 14.7. The van der Waals surface area contributed by atoms with Gasteiger partial charge < -0.3 is 51.9 Å². The second-order valence-electron chi connectivity index (χ2n) is 9.93. The number of carbonyl (C=O) groups excluding carboxylic acids is 2. The third-order valence-corrected chi connectivity index (χ3v) is 6.70. The molecule has 4 aromatic rings. The minimum absolute atomic E-state index is 0.0838. The first-order valence-electron chi connectivity index (χ1n) is 14.7. The Morgan fingerprint density at radius 3 is 2.50 bits per heavy atom. The van der Waals surface area contributed by atoms with Crippen molar-refractivity contribution in [2.45, 2.75) is 25.8 Å². The number of amides is 2. The highest BCUT2D eigenvalue weighted by Crippen LogP contribution is 2.32.